The molecule has 0 aliphatic heterocycles. The van der Waals surface area contributed by atoms with Gasteiger partial charge in [0.25, 0.3) is 0 Å². The molecular formula is C36H24BrN. The SMILES string of the molecule is Brc1cccc(-c2ccc3c4ccccc4n(-c4ccc(-c5ccccc5)c(-c5ccccc5)c4)c3c2)c1. The molecule has 1 heterocycles. The van der Waals surface area contributed by atoms with Crippen molar-refractivity contribution >= 4 is 37.7 Å². The average molecular weight is 550 g/mol. The molecule has 0 spiro atoms. The molecule has 1 aromatic heterocycles. The van der Waals surface area contributed by atoms with Crippen molar-refractivity contribution in [3.8, 4) is 39.1 Å². The third-order valence-electron chi connectivity index (χ3n) is 7.26. The van der Waals surface area contributed by atoms with Gasteiger partial charge in [0.05, 0.1) is 11.0 Å². The van der Waals surface area contributed by atoms with Crippen LogP contribution in [0.5, 0.6) is 0 Å². The van der Waals surface area contributed by atoms with Gasteiger partial charge in [-0.25, -0.2) is 0 Å². The molecule has 7 aromatic rings. The van der Waals surface area contributed by atoms with E-state index in [4.69, 9.17) is 0 Å². The zero-order valence-corrected chi connectivity index (χ0v) is 22.3. The lowest BCUT2D eigenvalue weighted by Crippen LogP contribution is -1.96. The Kier molecular flexibility index (Phi) is 5.68. The van der Waals surface area contributed by atoms with Crippen LogP contribution in [-0.4, -0.2) is 4.57 Å². The molecule has 0 N–H and O–H groups in total. The molecule has 1 nitrogen and oxygen atoms in total. The fourth-order valence-electron chi connectivity index (χ4n) is 5.49. The standard InChI is InChI=1S/C36H24BrN/c37-29-15-9-14-27(22-29)28-18-20-33-32-16-7-8-17-35(32)38(36(33)23-28)30-19-21-31(25-10-3-1-4-11-25)34(24-30)26-12-5-2-6-13-26/h1-24H. The molecule has 0 aliphatic rings. The zero-order valence-electron chi connectivity index (χ0n) is 20.7. The minimum absolute atomic E-state index is 1.08. The minimum Gasteiger partial charge on any atom is -0.309 e. The second kappa shape index (κ2) is 9.48. The molecule has 0 atom stereocenters. The van der Waals surface area contributed by atoms with E-state index >= 15 is 0 Å². The van der Waals surface area contributed by atoms with Crippen LogP contribution in [0.15, 0.2) is 150 Å². The van der Waals surface area contributed by atoms with Gasteiger partial charge < -0.3 is 4.57 Å². The van der Waals surface area contributed by atoms with E-state index in [2.05, 4.69) is 166 Å². The molecular weight excluding hydrogens is 526 g/mol. The number of benzene rings is 6. The van der Waals surface area contributed by atoms with Crippen LogP contribution in [0, 0.1) is 0 Å². The van der Waals surface area contributed by atoms with Gasteiger partial charge in [-0.1, -0.05) is 125 Å². The van der Waals surface area contributed by atoms with E-state index in [0.29, 0.717) is 0 Å². The Bertz CT molecular complexity index is 1920. The molecule has 7 rings (SSSR count). The number of halogens is 1. The van der Waals surface area contributed by atoms with Gasteiger partial charge in [0.15, 0.2) is 0 Å². The van der Waals surface area contributed by atoms with Crippen LogP contribution in [0.2, 0.25) is 0 Å². The number of aromatic nitrogens is 1. The van der Waals surface area contributed by atoms with Crippen LogP contribution < -0.4 is 0 Å². The van der Waals surface area contributed by atoms with E-state index < -0.39 is 0 Å². The summed E-state index contributed by atoms with van der Waals surface area (Å²) in [6.07, 6.45) is 0. The highest BCUT2D eigenvalue weighted by Crippen LogP contribution is 2.38. The normalized spacial score (nSPS) is 11.3. The Balaban J connectivity index is 1.51. The van der Waals surface area contributed by atoms with Gasteiger partial charge in [-0.2, -0.15) is 0 Å². The number of rotatable bonds is 4. The first-order valence-corrected chi connectivity index (χ1v) is 13.6. The predicted molar refractivity (Wildman–Crippen MR) is 165 cm³/mol. The molecule has 6 aromatic carbocycles. The number of nitrogens with zero attached hydrogens (tertiary/aromatic N) is 1. The molecule has 0 radical (unpaired) electrons. The molecule has 0 fully saturated rings. The summed E-state index contributed by atoms with van der Waals surface area (Å²) in [7, 11) is 0. The van der Waals surface area contributed by atoms with Crippen LogP contribution in [0.1, 0.15) is 0 Å². The summed E-state index contributed by atoms with van der Waals surface area (Å²) < 4.78 is 3.49. The van der Waals surface area contributed by atoms with Crippen molar-refractivity contribution < 1.29 is 0 Å². The van der Waals surface area contributed by atoms with Crippen molar-refractivity contribution in [2.45, 2.75) is 0 Å². The lowest BCUT2D eigenvalue weighted by molar-refractivity contribution is 1.18. The van der Waals surface area contributed by atoms with Crippen molar-refractivity contribution in [2.75, 3.05) is 0 Å². The van der Waals surface area contributed by atoms with Crippen molar-refractivity contribution in [3.05, 3.63) is 150 Å². The largest absolute Gasteiger partial charge is 0.309 e. The molecule has 38 heavy (non-hydrogen) atoms. The lowest BCUT2D eigenvalue weighted by atomic mass is 9.94. The van der Waals surface area contributed by atoms with Gasteiger partial charge in [-0.3, -0.25) is 0 Å². The zero-order chi connectivity index (χ0) is 25.5. The van der Waals surface area contributed by atoms with E-state index in [9.17, 15) is 0 Å². The fraction of sp³-hybridized carbons (Fsp3) is 0. The second-order valence-corrected chi connectivity index (χ2v) is 10.5. The average Bonchev–Trinajstić information content (AvgIpc) is 3.31. The first-order chi connectivity index (χ1) is 18.8. The Morgan fingerprint density at radius 1 is 0.395 bits per heavy atom. The molecule has 2 heteroatoms. The van der Waals surface area contributed by atoms with Gasteiger partial charge >= 0.3 is 0 Å². The van der Waals surface area contributed by atoms with E-state index in [1.807, 2.05) is 0 Å². The van der Waals surface area contributed by atoms with Crippen molar-refractivity contribution in [3.63, 3.8) is 0 Å². The van der Waals surface area contributed by atoms with E-state index in [1.54, 1.807) is 0 Å². The molecule has 0 saturated heterocycles. The topological polar surface area (TPSA) is 4.93 Å². The first-order valence-electron chi connectivity index (χ1n) is 12.8. The molecule has 180 valence electrons. The molecule has 0 amide bonds. The van der Waals surface area contributed by atoms with Crippen LogP contribution in [0.3, 0.4) is 0 Å². The lowest BCUT2D eigenvalue weighted by Gasteiger charge is -2.15. The highest BCUT2D eigenvalue weighted by atomic mass is 79.9. The van der Waals surface area contributed by atoms with E-state index in [-0.39, 0.29) is 0 Å². The Hall–Kier alpha value is -4.40. The van der Waals surface area contributed by atoms with E-state index in [0.717, 1.165) is 10.2 Å². The third-order valence-corrected chi connectivity index (χ3v) is 7.76. The summed E-state index contributed by atoms with van der Waals surface area (Å²) in [6, 6.07) is 52.2. The quantitative estimate of drug-likeness (QED) is 0.205. The van der Waals surface area contributed by atoms with Gasteiger partial charge in [-0.05, 0) is 69.8 Å². The fourth-order valence-corrected chi connectivity index (χ4v) is 5.89. The number of para-hydroxylation sites is 1. The summed E-state index contributed by atoms with van der Waals surface area (Å²) in [5.41, 5.74) is 10.9. The summed E-state index contributed by atoms with van der Waals surface area (Å²) in [5, 5.41) is 2.52. The Morgan fingerprint density at radius 3 is 1.79 bits per heavy atom. The highest BCUT2D eigenvalue weighted by Gasteiger charge is 2.16. The van der Waals surface area contributed by atoms with Gasteiger partial charge in [0.1, 0.15) is 0 Å². The predicted octanol–water partition coefficient (Wildman–Crippen LogP) is 10.5. The maximum Gasteiger partial charge on any atom is 0.0547 e. The van der Waals surface area contributed by atoms with Crippen LogP contribution in [0.4, 0.5) is 0 Å². The highest BCUT2D eigenvalue weighted by molar-refractivity contribution is 9.10. The number of hydrogen-bond acceptors (Lipinski definition) is 0. The number of fused-ring (bicyclic) bond motifs is 3. The molecule has 0 bridgehead atoms. The van der Waals surface area contributed by atoms with Crippen molar-refractivity contribution in [2.24, 2.45) is 0 Å². The van der Waals surface area contributed by atoms with E-state index in [1.165, 1.54) is 55.2 Å². The Labute approximate surface area is 230 Å². The molecule has 0 unspecified atom stereocenters. The van der Waals surface area contributed by atoms with Crippen LogP contribution in [0.25, 0.3) is 60.9 Å². The number of hydrogen-bond donors (Lipinski definition) is 0. The Morgan fingerprint density at radius 2 is 1.03 bits per heavy atom. The van der Waals surface area contributed by atoms with Gasteiger partial charge in [-0.15, -0.1) is 0 Å². The van der Waals surface area contributed by atoms with Crippen molar-refractivity contribution in [1.82, 2.24) is 4.57 Å². The molecule has 0 saturated carbocycles. The summed E-state index contributed by atoms with van der Waals surface area (Å²) in [4.78, 5) is 0. The van der Waals surface area contributed by atoms with Crippen LogP contribution in [-0.2, 0) is 0 Å². The summed E-state index contributed by atoms with van der Waals surface area (Å²) in [6.45, 7) is 0. The summed E-state index contributed by atoms with van der Waals surface area (Å²) >= 11 is 3.64. The van der Waals surface area contributed by atoms with Crippen LogP contribution >= 0.6 is 15.9 Å². The molecule has 0 aliphatic carbocycles. The smallest absolute Gasteiger partial charge is 0.0547 e. The summed E-state index contributed by atoms with van der Waals surface area (Å²) in [5.74, 6) is 0. The maximum atomic E-state index is 3.64. The first kappa shape index (κ1) is 22.8. The monoisotopic (exact) mass is 549 g/mol. The van der Waals surface area contributed by atoms with Gasteiger partial charge in [0.2, 0.25) is 0 Å². The van der Waals surface area contributed by atoms with Crippen molar-refractivity contribution in [1.29, 1.82) is 0 Å². The van der Waals surface area contributed by atoms with Gasteiger partial charge in [0, 0.05) is 20.9 Å². The third kappa shape index (κ3) is 3.95. The maximum absolute atomic E-state index is 3.64. The second-order valence-electron chi connectivity index (χ2n) is 9.56. The minimum atomic E-state index is 1.08.